The Bertz CT molecular complexity index is 784. The Labute approximate surface area is 153 Å². The van der Waals surface area contributed by atoms with Crippen LogP contribution >= 0.6 is 11.6 Å². The zero-order valence-corrected chi connectivity index (χ0v) is 15.6. The van der Waals surface area contributed by atoms with E-state index in [1.807, 2.05) is 30.0 Å². The average Bonchev–Trinajstić information content (AvgIpc) is 2.61. The number of nitrogens with two attached hydrogens (primary N) is 1. The van der Waals surface area contributed by atoms with Crippen molar-refractivity contribution in [2.24, 2.45) is 5.73 Å². The third-order valence-electron chi connectivity index (χ3n) is 4.58. The highest BCUT2D eigenvalue weighted by atomic mass is 35.5. The Morgan fingerprint density at radius 2 is 2.00 bits per heavy atom. The molecule has 1 unspecified atom stereocenters. The number of amides is 2. The molecule has 2 amide bonds. The second-order valence-corrected chi connectivity index (χ2v) is 7.04. The molecule has 0 spiro atoms. The Hall–Kier alpha value is -2.05. The molecule has 25 heavy (non-hydrogen) atoms. The molecule has 0 aliphatic carbocycles. The van der Waals surface area contributed by atoms with E-state index < -0.39 is 0 Å². The number of carbonyl (C=O) groups is 1. The van der Waals surface area contributed by atoms with Gasteiger partial charge in [0.05, 0.1) is 16.2 Å². The second-order valence-electron chi connectivity index (χ2n) is 6.64. The van der Waals surface area contributed by atoms with Gasteiger partial charge in [0, 0.05) is 57.9 Å². The fourth-order valence-corrected chi connectivity index (χ4v) is 3.56. The standard InChI is InChI=1S/C18H24ClN5O/c1-12(20)14-11-15(19)13-5-4-6-21-16(13)17(14)23-7-9-24(10-8-23)18(25)22(2)3/h4-6,11-12H,7-10,20H2,1-3H3. The van der Waals surface area contributed by atoms with Gasteiger partial charge in [-0.05, 0) is 30.7 Å². The second kappa shape index (κ2) is 7.06. The number of piperazine rings is 1. The maximum atomic E-state index is 12.2. The highest BCUT2D eigenvalue weighted by Gasteiger charge is 2.26. The third kappa shape index (κ3) is 3.37. The molecule has 1 fully saturated rings. The van der Waals surface area contributed by atoms with Crippen LogP contribution in [0.3, 0.4) is 0 Å². The van der Waals surface area contributed by atoms with Crippen LogP contribution in [0, 0.1) is 0 Å². The van der Waals surface area contributed by atoms with E-state index in [2.05, 4.69) is 9.88 Å². The molecular weight excluding hydrogens is 338 g/mol. The van der Waals surface area contributed by atoms with Crippen LogP contribution in [0.1, 0.15) is 18.5 Å². The minimum absolute atomic E-state index is 0.0474. The first kappa shape index (κ1) is 17.8. The molecule has 1 aromatic carbocycles. The Morgan fingerprint density at radius 3 is 2.60 bits per heavy atom. The molecular formula is C18H24ClN5O. The van der Waals surface area contributed by atoms with Gasteiger partial charge in [0.15, 0.2) is 0 Å². The molecule has 1 aliphatic rings. The Kier molecular flexibility index (Phi) is 5.01. The van der Waals surface area contributed by atoms with E-state index in [4.69, 9.17) is 17.3 Å². The first-order chi connectivity index (χ1) is 11.9. The van der Waals surface area contributed by atoms with Crippen LogP contribution in [0.15, 0.2) is 24.4 Å². The van der Waals surface area contributed by atoms with E-state index in [0.717, 1.165) is 35.2 Å². The summed E-state index contributed by atoms with van der Waals surface area (Å²) in [5.74, 6) is 0. The van der Waals surface area contributed by atoms with Gasteiger partial charge >= 0.3 is 6.03 Å². The molecule has 7 heteroatoms. The highest BCUT2D eigenvalue weighted by Crippen LogP contribution is 2.37. The van der Waals surface area contributed by atoms with Crippen molar-refractivity contribution in [1.29, 1.82) is 0 Å². The number of anilines is 1. The predicted molar refractivity (Wildman–Crippen MR) is 102 cm³/mol. The molecule has 1 atom stereocenters. The molecule has 1 aliphatic heterocycles. The van der Waals surface area contributed by atoms with Crippen LogP contribution in [0.4, 0.5) is 10.5 Å². The minimum atomic E-state index is -0.152. The van der Waals surface area contributed by atoms with Gasteiger partial charge in [0.2, 0.25) is 0 Å². The Balaban J connectivity index is 1.97. The summed E-state index contributed by atoms with van der Waals surface area (Å²) >= 11 is 6.44. The van der Waals surface area contributed by atoms with Gasteiger partial charge in [-0.25, -0.2) is 4.79 Å². The Morgan fingerprint density at radius 1 is 1.32 bits per heavy atom. The lowest BCUT2D eigenvalue weighted by molar-refractivity contribution is 0.168. The zero-order valence-electron chi connectivity index (χ0n) is 14.9. The van der Waals surface area contributed by atoms with E-state index in [-0.39, 0.29) is 12.1 Å². The van der Waals surface area contributed by atoms with E-state index >= 15 is 0 Å². The third-order valence-corrected chi connectivity index (χ3v) is 4.90. The van der Waals surface area contributed by atoms with Gasteiger partial charge < -0.3 is 20.4 Å². The van der Waals surface area contributed by atoms with Gasteiger partial charge in [-0.15, -0.1) is 0 Å². The smallest absolute Gasteiger partial charge is 0.319 e. The summed E-state index contributed by atoms with van der Waals surface area (Å²) in [7, 11) is 3.55. The fourth-order valence-electron chi connectivity index (χ4n) is 3.29. The van der Waals surface area contributed by atoms with Gasteiger partial charge in [0.1, 0.15) is 0 Å². The summed E-state index contributed by atoms with van der Waals surface area (Å²) in [5.41, 5.74) is 9.11. The molecule has 0 bridgehead atoms. The normalized spacial score (nSPS) is 16.2. The molecule has 1 saturated heterocycles. The van der Waals surface area contributed by atoms with Crippen molar-refractivity contribution in [1.82, 2.24) is 14.8 Å². The van der Waals surface area contributed by atoms with Crippen molar-refractivity contribution < 1.29 is 4.79 Å². The lowest BCUT2D eigenvalue weighted by Gasteiger charge is -2.38. The summed E-state index contributed by atoms with van der Waals surface area (Å²) in [6.45, 7) is 4.79. The van der Waals surface area contributed by atoms with Gasteiger partial charge in [0.25, 0.3) is 0 Å². The van der Waals surface area contributed by atoms with Gasteiger partial charge in [-0.1, -0.05) is 11.6 Å². The number of rotatable bonds is 2. The van der Waals surface area contributed by atoms with Crippen molar-refractivity contribution in [2.45, 2.75) is 13.0 Å². The summed E-state index contributed by atoms with van der Waals surface area (Å²) in [6, 6.07) is 5.71. The van der Waals surface area contributed by atoms with E-state index in [0.29, 0.717) is 18.1 Å². The zero-order chi connectivity index (χ0) is 18.1. The number of halogens is 1. The maximum absolute atomic E-state index is 12.2. The molecule has 2 heterocycles. The van der Waals surface area contributed by atoms with Crippen LogP contribution in [0.2, 0.25) is 5.02 Å². The lowest BCUT2D eigenvalue weighted by atomic mass is 10.0. The first-order valence-electron chi connectivity index (χ1n) is 8.44. The maximum Gasteiger partial charge on any atom is 0.319 e. The summed E-state index contributed by atoms with van der Waals surface area (Å²) in [4.78, 5) is 22.5. The predicted octanol–water partition coefficient (Wildman–Crippen LogP) is 2.71. The monoisotopic (exact) mass is 361 g/mol. The molecule has 134 valence electrons. The van der Waals surface area contributed by atoms with E-state index in [1.165, 1.54) is 0 Å². The molecule has 0 radical (unpaired) electrons. The summed E-state index contributed by atoms with van der Waals surface area (Å²) < 4.78 is 0. The van der Waals surface area contributed by atoms with Crippen molar-refractivity contribution >= 4 is 34.2 Å². The molecule has 1 aromatic heterocycles. The SMILES string of the molecule is CC(N)c1cc(Cl)c2cccnc2c1N1CCN(C(=O)N(C)C)CC1. The van der Waals surface area contributed by atoms with Crippen LogP contribution in [0.5, 0.6) is 0 Å². The number of nitrogens with zero attached hydrogens (tertiary/aromatic N) is 4. The number of fused-ring (bicyclic) bond motifs is 1. The lowest BCUT2D eigenvalue weighted by Crippen LogP contribution is -2.51. The van der Waals surface area contributed by atoms with Crippen LogP contribution < -0.4 is 10.6 Å². The number of benzene rings is 1. The van der Waals surface area contributed by atoms with Crippen molar-refractivity contribution in [3.8, 4) is 0 Å². The molecule has 3 rings (SSSR count). The van der Waals surface area contributed by atoms with Crippen molar-refractivity contribution in [2.75, 3.05) is 45.2 Å². The number of hydrogen-bond acceptors (Lipinski definition) is 4. The number of carbonyl (C=O) groups excluding carboxylic acids is 1. The number of hydrogen-bond donors (Lipinski definition) is 1. The van der Waals surface area contributed by atoms with Crippen LogP contribution in [-0.4, -0.2) is 61.1 Å². The fraction of sp³-hybridized carbons (Fsp3) is 0.444. The first-order valence-corrected chi connectivity index (χ1v) is 8.82. The summed E-state index contributed by atoms with van der Waals surface area (Å²) in [5, 5.41) is 1.59. The molecule has 2 aromatic rings. The molecule has 6 nitrogen and oxygen atoms in total. The average molecular weight is 362 g/mol. The molecule has 0 saturated carbocycles. The summed E-state index contributed by atoms with van der Waals surface area (Å²) in [6.07, 6.45) is 1.78. The van der Waals surface area contributed by atoms with E-state index in [1.54, 1.807) is 25.2 Å². The number of pyridine rings is 1. The quantitative estimate of drug-likeness (QED) is 0.893. The number of aromatic nitrogens is 1. The van der Waals surface area contributed by atoms with Gasteiger partial charge in [-0.3, -0.25) is 4.98 Å². The van der Waals surface area contributed by atoms with Crippen LogP contribution in [-0.2, 0) is 0 Å². The van der Waals surface area contributed by atoms with Gasteiger partial charge in [-0.2, -0.15) is 0 Å². The van der Waals surface area contributed by atoms with Crippen LogP contribution in [0.25, 0.3) is 10.9 Å². The topological polar surface area (TPSA) is 65.7 Å². The van der Waals surface area contributed by atoms with Crippen molar-refractivity contribution in [3.63, 3.8) is 0 Å². The van der Waals surface area contributed by atoms with E-state index in [9.17, 15) is 4.79 Å². The molecule has 2 N–H and O–H groups in total. The highest BCUT2D eigenvalue weighted by molar-refractivity contribution is 6.36. The largest absolute Gasteiger partial charge is 0.366 e. The number of urea groups is 1. The minimum Gasteiger partial charge on any atom is -0.366 e. The van der Waals surface area contributed by atoms with Crippen molar-refractivity contribution in [3.05, 3.63) is 35.0 Å².